The van der Waals surface area contributed by atoms with Crippen LogP contribution in [0.1, 0.15) is 41.1 Å². The maximum absolute atomic E-state index is 12.4. The summed E-state index contributed by atoms with van der Waals surface area (Å²) in [4.78, 5) is 19.3. The van der Waals surface area contributed by atoms with E-state index in [9.17, 15) is 4.79 Å². The molecule has 7 nitrogen and oxygen atoms in total. The number of rotatable bonds is 8. The number of hydrogen-bond donors (Lipinski definition) is 1. The van der Waals surface area contributed by atoms with E-state index in [0.717, 1.165) is 24.5 Å². The fourth-order valence-electron chi connectivity index (χ4n) is 3.57. The number of benzene rings is 1. The maximum Gasteiger partial charge on any atom is 0.287 e. The summed E-state index contributed by atoms with van der Waals surface area (Å²) in [6.45, 7) is 2.71. The zero-order valence-corrected chi connectivity index (χ0v) is 17.7. The minimum Gasteiger partial charge on any atom is -0.493 e. The number of para-hydroxylation sites is 2. The molecule has 0 unspecified atom stereocenters. The number of methoxy groups -OCH3 is 1. The summed E-state index contributed by atoms with van der Waals surface area (Å²) >= 11 is 0. The first kappa shape index (κ1) is 20.8. The highest BCUT2D eigenvalue weighted by molar-refractivity contribution is 5.91. The van der Waals surface area contributed by atoms with Crippen molar-refractivity contribution in [1.29, 1.82) is 0 Å². The smallest absolute Gasteiger partial charge is 0.287 e. The number of amides is 1. The van der Waals surface area contributed by atoms with E-state index in [2.05, 4.69) is 15.2 Å². The number of nitrogens with zero attached hydrogens (tertiary/aromatic N) is 2. The van der Waals surface area contributed by atoms with Gasteiger partial charge in [0.25, 0.3) is 5.91 Å². The lowest BCUT2D eigenvalue weighted by atomic mass is 10.1. The van der Waals surface area contributed by atoms with Gasteiger partial charge in [-0.25, -0.2) is 4.98 Å². The first-order valence-electron chi connectivity index (χ1n) is 10.6. The van der Waals surface area contributed by atoms with E-state index in [1.54, 1.807) is 19.2 Å². The molecule has 0 aliphatic carbocycles. The number of hydrogen-bond acceptors (Lipinski definition) is 6. The molecule has 4 rings (SSSR count). The maximum atomic E-state index is 12.4. The third-order valence-corrected chi connectivity index (χ3v) is 5.27. The van der Waals surface area contributed by atoms with Crippen LogP contribution in [0, 0.1) is 0 Å². The van der Waals surface area contributed by atoms with E-state index >= 15 is 0 Å². The second kappa shape index (κ2) is 10.0. The van der Waals surface area contributed by atoms with Gasteiger partial charge in [0.1, 0.15) is 18.2 Å². The van der Waals surface area contributed by atoms with Crippen LogP contribution in [0.2, 0.25) is 0 Å². The van der Waals surface area contributed by atoms with Crippen molar-refractivity contribution >= 4 is 11.7 Å². The Kier molecular flexibility index (Phi) is 6.72. The standard InChI is InChI=1S/C24H27N3O4/c1-29-20-7-3-4-8-21(20)30-17-19-10-11-22(31-19)24(28)26-16-18-9-12-23(25-15-18)27-13-5-2-6-14-27/h3-4,7-12,15H,2,5-6,13-14,16-17H2,1H3,(H,26,28). The quantitative estimate of drug-likeness (QED) is 0.588. The van der Waals surface area contributed by atoms with Gasteiger partial charge < -0.3 is 24.1 Å². The minimum atomic E-state index is -0.274. The number of ether oxygens (including phenoxy) is 2. The van der Waals surface area contributed by atoms with Crippen LogP contribution >= 0.6 is 0 Å². The molecule has 3 aromatic rings. The highest BCUT2D eigenvalue weighted by atomic mass is 16.5. The fourth-order valence-corrected chi connectivity index (χ4v) is 3.57. The molecule has 0 bridgehead atoms. The normalized spacial score (nSPS) is 13.6. The van der Waals surface area contributed by atoms with Crippen molar-refractivity contribution in [2.24, 2.45) is 0 Å². The predicted molar refractivity (Wildman–Crippen MR) is 118 cm³/mol. The first-order chi connectivity index (χ1) is 15.2. The Bertz CT molecular complexity index is 994. The molecule has 1 saturated heterocycles. The van der Waals surface area contributed by atoms with Crippen LogP contribution in [0.25, 0.3) is 0 Å². The van der Waals surface area contributed by atoms with Crippen LogP contribution in [-0.2, 0) is 13.2 Å². The van der Waals surface area contributed by atoms with Crippen molar-refractivity contribution in [3.05, 3.63) is 71.8 Å². The van der Waals surface area contributed by atoms with Crippen molar-refractivity contribution in [1.82, 2.24) is 10.3 Å². The van der Waals surface area contributed by atoms with Crippen LogP contribution in [-0.4, -0.2) is 31.1 Å². The summed E-state index contributed by atoms with van der Waals surface area (Å²) in [6, 6.07) is 14.8. The number of pyridine rings is 1. The van der Waals surface area contributed by atoms with Gasteiger partial charge in [-0.2, -0.15) is 0 Å². The number of furan rings is 1. The summed E-state index contributed by atoms with van der Waals surface area (Å²) in [5, 5.41) is 2.87. The van der Waals surface area contributed by atoms with Crippen LogP contribution in [0.4, 0.5) is 5.82 Å². The molecule has 0 spiro atoms. The van der Waals surface area contributed by atoms with Gasteiger partial charge in [0.2, 0.25) is 0 Å². The minimum absolute atomic E-state index is 0.204. The largest absolute Gasteiger partial charge is 0.493 e. The molecule has 1 N–H and O–H groups in total. The van der Waals surface area contributed by atoms with E-state index in [1.165, 1.54) is 19.3 Å². The van der Waals surface area contributed by atoms with E-state index in [4.69, 9.17) is 13.9 Å². The van der Waals surface area contributed by atoms with Crippen LogP contribution in [0.15, 0.2) is 59.1 Å². The summed E-state index contributed by atoms with van der Waals surface area (Å²) in [6.07, 6.45) is 5.55. The molecule has 162 valence electrons. The second-order valence-electron chi connectivity index (χ2n) is 7.46. The molecule has 0 radical (unpaired) electrons. The molecule has 0 atom stereocenters. The third kappa shape index (κ3) is 5.36. The number of carbonyl (C=O) groups excluding carboxylic acids is 1. The van der Waals surface area contributed by atoms with E-state index < -0.39 is 0 Å². The zero-order chi connectivity index (χ0) is 21.5. The van der Waals surface area contributed by atoms with Crippen molar-refractivity contribution in [3.8, 4) is 11.5 Å². The molecular formula is C24H27N3O4. The Hall–Kier alpha value is -3.48. The van der Waals surface area contributed by atoms with E-state index in [-0.39, 0.29) is 18.3 Å². The van der Waals surface area contributed by atoms with E-state index in [1.807, 2.05) is 42.6 Å². The number of piperidine rings is 1. The van der Waals surface area contributed by atoms with Crippen LogP contribution in [0.3, 0.4) is 0 Å². The molecule has 7 heteroatoms. The van der Waals surface area contributed by atoms with Crippen molar-refractivity contribution in [3.63, 3.8) is 0 Å². The van der Waals surface area contributed by atoms with Gasteiger partial charge in [-0.3, -0.25) is 4.79 Å². The molecule has 1 fully saturated rings. The number of anilines is 1. The Balaban J connectivity index is 1.28. The summed E-state index contributed by atoms with van der Waals surface area (Å²) in [5.74, 6) is 2.80. The van der Waals surface area contributed by atoms with Crippen molar-refractivity contribution in [2.75, 3.05) is 25.1 Å². The predicted octanol–water partition coefficient (Wildman–Crippen LogP) is 4.18. The lowest BCUT2D eigenvalue weighted by Crippen LogP contribution is -2.30. The molecule has 1 aliphatic heterocycles. The van der Waals surface area contributed by atoms with Gasteiger partial charge in [-0.05, 0) is 55.2 Å². The van der Waals surface area contributed by atoms with Gasteiger partial charge >= 0.3 is 0 Å². The van der Waals surface area contributed by atoms with Crippen molar-refractivity contribution in [2.45, 2.75) is 32.4 Å². The summed E-state index contributed by atoms with van der Waals surface area (Å²) < 4.78 is 16.6. The van der Waals surface area contributed by atoms with Gasteiger partial charge in [0.15, 0.2) is 17.3 Å². The Morgan fingerprint density at radius 1 is 1.06 bits per heavy atom. The SMILES string of the molecule is COc1ccccc1OCc1ccc(C(=O)NCc2ccc(N3CCCCC3)nc2)o1. The van der Waals surface area contributed by atoms with Gasteiger partial charge in [0.05, 0.1) is 7.11 Å². The highest BCUT2D eigenvalue weighted by Gasteiger charge is 2.14. The molecule has 31 heavy (non-hydrogen) atoms. The monoisotopic (exact) mass is 421 g/mol. The average molecular weight is 421 g/mol. The summed E-state index contributed by atoms with van der Waals surface area (Å²) in [5.41, 5.74) is 0.945. The first-order valence-corrected chi connectivity index (χ1v) is 10.6. The Morgan fingerprint density at radius 2 is 1.87 bits per heavy atom. The molecule has 1 aliphatic rings. The van der Waals surface area contributed by atoms with Crippen molar-refractivity contribution < 1.29 is 18.7 Å². The van der Waals surface area contributed by atoms with E-state index in [0.29, 0.717) is 23.8 Å². The molecule has 2 aromatic heterocycles. The Labute approximate surface area is 182 Å². The fraction of sp³-hybridized carbons (Fsp3) is 0.333. The molecule has 1 aromatic carbocycles. The van der Waals surface area contributed by atoms with Crippen LogP contribution < -0.4 is 19.7 Å². The van der Waals surface area contributed by atoms with Crippen LogP contribution in [0.5, 0.6) is 11.5 Å². The molecule has 3 heterocycles. The molecule has 1 amide bonds. The topological polar surface area (TPSA) is 76.8 Å². The molecule has 0 saturated carbocycles. The van der Waals surface area contributed by atoms with Gasteiger partial charge in [-0.15, -0.1) is 0 Å². The average Bonchev–Trinajstić information content (AvgIpc) is 3.31. The lowest BCUT2D eigenvalue weighted by molar-refractivity contribution is 0.0919. The summed E-state index contributed by atoms with van der Waals surface area (Å²) in [7, 11) is 1.59. The van der Waals surface area contributed by atoms with Gasteiger partial charge in [0, 0.05) is 25.8 Å². The third-order valence-electron chi connectivity index (χ3n) is 5.27. The Morgan fingerprint density at radius 3 is 2.61 bits per heavy atom. The number of nitrogens with one attached hydrogen (secondary N) is 1. The zero-order valence-electron chi connectivity index (χ0n) is 17.7. The van der Waals surface area contributed by atoms with Gasteiger partial charge in [-0.1, -0.05) is 18.2 Å². The number of carbonyl (C=O) groups is 1. The number of aromatic nitrogens is 1. The molecular weight excluding hydrogens is 394 g/mol. The lowest BCUT2D eigenvalue weighted by Gasteiger charge is -2.27. The second-order valence-corrected chi connectivity index (χ2v) is 7.46. The highest BCUT2D eigenvalue weighted by Crippen LogP contribution is 2.27.